The van der Waals surface area contributed by atoms with Gasteiger partial charge in [0.25, 0.3) is 0 Å². The maximum absolute atomic E-state index is 14.1. The van der Waals surface area contributed by atoms with Crippen LogP contribution in [0.4, 0.5) is 15.8 Å². The monoisotopic (exact) mass is 382 g/mol. The van der Waals surface area contributed by atoms with Crippen molar-refractivity contribution in [2.24, 2.45) is 0 Å². The van der Waals surface area contributed by atoms with Gasteiger partial charge in [0.05, 0.1) is 21.4 Å². The highest BCUT2D eigenvalue weighted by molar-refractivity contribution is 9.11. The number of benzene rings is 2. The van der Waals surface area contributed by atoms with E-state index in [2.05, 4.69) is 37.2 Å². The van der Waals surface area contributed by atoms with Crippen molar-refractivity contribution in [3.8, 4) is 6.07 Å². The van der Waals surface area contributed by atoms with Crippen LogP contribution in [0.15, 0.2) is 39.3 Å². The molecule has 2 aromatic rings. The first-order valence-electron chi connectivity index (χ1n) is 5.44. The second-order valence-corrected chi connectivity index (χ2v) is 5.66. The van der Waals surface area contributed by atoms with Crippen molar-refractivity contribution in [1.29, 1.82) is 5.26 Å². The van der Waals surface area contributed by atoms with Crippen LogP contribution in [0.5, 0.6) is 0 Å². The summed E-state index contributed by atoms with van der Waals surface area (Å²) in [6, 6.07) is 10.8. The zero-order valence-electron chi connectivity index (χ0n) is 9.97. The van der Waals surface area contributed by atoms with Gasteiger partial charge in [0.2, 0.25) is 0 Å². The van der Waals surface area contributed by atoms with Crippen molar-refractivity contribution < 1.29 is 4.39 Å². The number of nitrogens with zero attached hydrogens (tertiary/aromatic N) is 1. The molecule has 0 aliphatic carbocycles. The Hall–Kier alpha value is -1.38. The minimum atomic E-state index is -0.479. The quantitative estimate of drug-likeness (QED) is 0.766. The summed E-state index contributed by atoms with van der Waals surface area (Å²) < 4.78 is 15.1. The van der Waals surface area contributed by atoms with E-state index in [1.807, 2.05) is 31.2 Å². The highest BCUT2D eigenvalue weighted by Gasteiger charge is 2.12. The van der Waals surface area contributed by atoms with Crippen molar-refractivity contribution >= 4 is 43.2 Å². The maximum Gasteiger partial charge on any atom is 0.162 e. The molecule has 2 rings (SSSR count). The van der Waals surface area contributed by atoms with Crippen LogP contribution in [0, 0.1) is 24.1 Å². The number of anilines is 2. The second kappa shape index (κ2) is 5.72. The molecule has 0 heterocycles. The van der Waals surface area contributed by atoms with E-state index in [-0.39, 0.29) is 10.0 Å². The molecular formula is C14H9Br2FN2. The molecule has 0 unspecified atom stereocenters. The van der Waals surface area contributed by atoms with Crippen LogP contribution >= 0.6 is 31.9 Å². The largest absolute Gasteiger partial charge is 0.352 e. The van der Waals surface area contributed by atoms with Crippen LogP contribution in [0.1, 0.15) is 11.1 Å². The molecule has 0 aliphatic rings. The van der Waals surface area contributed by atoms with Crippen molar-refractivity contribution in [2.75, 3.05) is 5.32 Å². The summed E-state index contributed by atoms with van der Waals surface area (Å²) in [5.74, 6) is -0.479. The Labute approximate surface area is 127 Å². The van der Waals surface area contributed by atoms with Gasteiger partial charge >= 0.3 is 0 Å². The van der Waals surface area contributed by atoms with E-state index in [0.717, 1.165) is 15.7 Å². The number of nitriles is 1. The van der Waals surface area contributed by atoms with Gasteiger partial charge in [-0.3, -0.25) is 0 Å². The van der Waals surface area contributed by atoms with Gasteiger partial charge in [0, 0.05) is 4.47 Å². The lowest BCUT2D eigenvalue weighted by Gasteiger charge is -2.11. The molecular weight excluding hydrogens is 375 g/mol. The predicted molar refractivity (Wildman–Crippen MR) is 81.0 cm³/mol. The molecule has 0 aliphatic heterocycles. The van der Waals surface area contributed by atoms with Crippen molar-refractivity contribution in [3.63, 3.8) is 0 Å². The topological polar surface area (TPSA) is 35.8 Å². The minimum absolute atomic E-state index is 0.170. The first-order valence-corrected chi connectivity index (χ1v) is 7.03. The summed E-state index contributed by atoms with van der Waals surface area (Å²) in [6.45, 7) is 1.96. The fourth-order valence-electron chi connectivity index (χ4n) is 1.61. The molecule has 0 fully saturated rings. The number of rotatable bonds is 2. The molecule has 0 saturated carbocycles. The average Bonchev–Trinajstić information content (AvgIpc) is 2.39. The summed E-state index contributed by atoms with van der Waals surface area (Å²) in [6.07, 6.45) is 0. The van der Waals surface area contributed by atoms with Gasteiger partial charge in [0.15, 0.2) is 5.82 Å². The number of nitrogens with one attached hydrogen (secondary N) is 1. The average molecular weight is 384 g/mol. The number of hydrogen-bond acceptors (Lipinski definition) is 2. The number of aryl methyl sites for hydroxylation is 1. The van der Waals surface area contributed by atoms with Gasteiger partial charge < -0.3 is 5.32 Å². The van der Waals surface area contributed by atoms with E-state index in [4.69, 9.17) is 5.26 Å². The van der Waals surface area contributed by atoms with Crippen LogP contribution in [-0.4, -0.2) is 0 Å². The van der Waals surface area contributed by atoms with Crippen molar-refractivity contribution in [3.05, 3.63) is 56.2 Å². The Kier molecular flexibility index (Phi) is 4.23. The fraction of sp³-hybridized carbons (Fsp3) is 0.0714. The summed E-state index contributed by atoms with van der Waals surface area (Å²) in [7, 11) is 0. The summed E-state index contributed by atoms with van der Waals surface area (Å²) in [5, 5.41) is 11.8. The van der Waals surface area contributed by atoms with Gasteiger partial charge in [-0.05, 0) is 68.6 Å². The Morgan fingerprint density at radius 3 is 2.58 bits per heavy atom. The van der Waals surface area contributed by atoms with E-state index >= 15 is 0 Å². The molecule has 0 aromatic heterocycles. The maximum atomic E-state index is 14.1. The first-order chi connectivity index (χ1) is 9.02. The summed E-state index contributed by atoms with van der Waals surface area (Å²) in [5.41, 5.74) is 2.43. The molecule has 2 aromatic carbocycles. The molecule has 2 nitrogen and oxygen atoms in total. The molecule has 19 heavy (non-hydrogen) atoms. The van der Waals surface area contributed by atoms with Crippen molar-refractivity contribution in [2.45, 2.75) is 6.92 Å². The van der Waals surface area contributed by atoms with E-state index in [1.54, 1.807) is 12.1 Å². The van der Waals surface area contributed by atoms with E-state index in [1.165, 1.54) is 0 Å². The van der Waals surface area contributed by atoms with E-state index in [9.17, 15) is 4.39 Å². The summed E-state index contributed by atoms with van der Waals surface area (Å²) >= 11 is 6.50. The fourth-order valence-corrected chi connectivity index (χ4v) is 2.39. The van der Waals surface area contributed by atoms with Crippen molar-refractivity contribution in [1.82, 2.24) is 0 Å². The lowest BCUT2D eigenvalue weighted by Crippen LogP contribution is -1.97. The van der Waals surface area contributed by atoms with Gasteiger partial charge in [-0.25, -0.2) is 4.39 Å². The molecule has 0 amide bonds. The van der Waals surface area contributed by atoms with Crippen LogP contribution < -0.4 is 5.32 Å². The highest BCUT2D eigenvalue weighted by atomic mass is 79.9. The lowest BCUT2D eigenvalue weighted by molar-refractivity contribution is 0.624. The van der Waals surface area contributed by atoms with Gasteiger partial charge in [-0.2, -0.15) is 5.26 Å². The molecule has 0 atom stereocenters. The van der Waals surface area contributed by atoms with Gasteiger partial charge in [0.1, 0.15) is 6.07 Å². The SMILES string of the molecule is Cc1ccc(Br)c(Nc2ccc(C#N)c(Br)c2F)c1. The number of hydrogen-bond donors (Lipinski definition) is 1. The zero-order chi connectivity index (χ0) is 14.0. The molecule has 1 N–H and O–H groups in total. The smallest absolute Gasteiger partial charge is 0.162 e. The molecule has 0 saturated heterocycles. The Bertz CT molecular complexity index is 678. The third-order valence-corrected chi connectivity index (χ3v) is 4.06. The Morgan fingerprint density at radius 2 is 1.89 bits per heavy atom. The standard InChI is InChI=1S/C14H9Br2FN2/c1-8-2-4-10(15)12(6-8)19-11-5-3-9(7-18)13(16)14(11)17/h2-6,19H,1H3. The van der Waals surface area contributed by atoms with Gasteiger partial charge in [-0.15, -0.1) is 0 Å². The Morgan fingerprint density at radius 1 is 1.16 bits per heavy atom. The van der Waals surface area contributed by atoms with E-state index in [0.29, 0.717) is 5.69 Å². The van der Waals surface area contributed by atoms with Crippen LogP contribution in [0.2, 0.25) is 0 Å². The predicted octanol–water partition coefficient (Wildman–Crippen LogP) is 5.27. The minimum Gasteiger partial charge on any atom is -0.352 e. The zero-order valence-corrected chi connectivity index (χ0v) is 13.1. The summed E-state index contributed by atoms with van der Waals surface area (Å²) in [4.78, 5) is 0. The number of halogens is 3. The highest BCUT2D eigenvalue weighted by Crippen LogP contribution is 2.31. The molecule has 0 spiro atoms. The third kappa shape index (κ3) is 2.96. The molecule has 0 bridgehead atoms. The molecule has 96 valence electrons. The second-order valence-electron chi connectivity index (χ2n) is 4.01. The lowest BCUT2D eigenvalue weighted by atomic mass is 10.2. The van der Waals surface area contributed by atoms with Crippen LogP contribution in [-0.2, 0) is 0 Å². The molecule has 0 radical (unpaired) electrons. The van der Waals surface area contributed by atoms with Crippen LogP contribution in [0.25, 0.3) is 0 Å². The third-order valence-electron chi connectivity index (χ3n) is 2.59. The Balaban J connectivity index is 2.42. The molecule has 5 heteroatoms. The normalized spacial score (nSPS) is 10.1. The first kappa shape index (κ1) is 14.0. The van der Waals surface area contributed by atoms with E-state index < -0.39 is 5.82 Å². The van der Waals surface area contributed by atoms with Crippen LogP contribution in [0.3, 0.4) is 0 Å². The van der Waals surface area contributed by atoms with Gasteiger partial charge in [-0.1, -0.05) is 6.07 Å².